The van der Waals surface area contributed by atoms with Gasteiger partial charge in [-0.1, -0.05) is 36.4 Å². The minimum atomic E-state index is -0.953. The first kappa shape index (κ1) is 19.2. The Morgan fingerprint density at radius 2 is 1.83 bits per heavy atom. The van der Waals surface area contributed by atoms with Gasteiger partial charge in [0.1, 0.15) is 18.5 Å². The second-order valence-electron chi connectivity index (χ2n) is 6.81. The summed E-state index contributed by atoms with van der Waals surface area (Å²) in [7, 11) is 2.90. The summed E-state index contributed by atoms with van der Waals surface area (Å²) in [4.78, 5) is 28.8. The summed E-state index contributed by atoms with van der Waals surface area (Å²) in [5.41, 5.74) is -0.692. The van der Waals surface area contributed by atoms with Gasteiger partial charge in [-0.2, -0.15) is 4.98 Å². The quantitative estimate of drug-likeness (QED) is 0.502. The van der Waals surface area contributed by atoms with Crippen LogP contribution in [0.2, 0.25) is 5.28 Å². The number of aliphatic hydroxyl groups excluding tert-OH is 1. The molecule has 0 fully saturated rings. The molecule has 0 aliphatic rings. The van der Waals surface area contributed by atoms with Crippen molar-refractivity contribution in [3.05, 3.63) is 68.6 Å². The minimum Gasteiger partial charge on any atom is -0.490 e. The van der Waals surface area contributed by atoms with Crippen LogP contribution in [0.3, 0.4) is 0 Å². The van der Waals surface area contributed by atoms with E-state index in [2.05, 4.69) is 4.98 Å². The lowest BCUT2D eigenvalue weighted by molar-refractivity contribution is 0.0942. The van der Waals surface area contributed by atoms with Crippen LogP contribution >= 0.6 is 11.6 Å². The molecule has 0 saturated heterocycles. The molecule has 0 saturated carbocycles. The number of aliphatic hydroxyl groups is 1. The van der Waals surface area contributed by atoms with Crippen molar-refractivity contribution in [1.29, 1.82) is 0 Å². The molecule has 2 heterocycles. The van der Waals surface area contributed by atoms with E-state index in [0.717, 1.165) is 15.3 Å². The van der Waals surface area contributed by atoms with Gasteiger partial charge in [-0.25, -0.2) is 4.79 Å². The highest BCUT2D eigenvalue weighted by Crippen LogP contribution is 2.25. The number of fused-ring (bicyclic) bond motifs is 2. The van der Waals surface area contributed by atoms with Gasteiger partial charge in [0.2, 0.25) is 5.28 Å². The van der Waals surface area contributed by atoms with Crippen molar-refractivity contribution < 1.29 is 9.84 Å². The van der Waals surface area contributed by atoms with Gasteiger partial charge in [-0.15, -0.1) is 0 Å². The molecule has 0 amide bonds. The fourth-order valence-corrected chi connectivity index (χ4v) is 3.59. The van der Waals surface area contributed by atoms with Crippen LogP contribution in [0.5, 0.6) is 5.75 Å². The lowest BCUT2D eigenvalue weighted by Gasteiger charge is -2.15. The van der Waals surface area contributed by atoms with Crippen LogP contribution in [-0.2, 0) is 20.6 Å². The minimum absolute atomic E-state index is 0.00388. The Morgan fingerprint density at radius 1 is 1.10 bits per heavy atom. The lowest BCUT2D eigenvalue weighted by Crippen LogP contribution is -2.38. The van der Waals surface area contributed by atoms with E-state index in [1.807, 2.05) is 42.5 Å². The molecule has 2 aromatic carbocycles. The van der Waals surface area contributed by atoms with Crippen LogP contribution in [0.15, 0.2) is 52.1 Å². The number of imidazole rings is 1. The number of benzene rings is 2. The van der Waals surface area contributed by atoms with Crippen LogP contribution < -0.4 is 16.0 Å². The van der Waals surface area contributed by atoms with E-state index in [-0.39, 0.29) is 29.6 Å². The predicted octanol–water partition coefficient (Wildman–Crippen LogP) is 1.68. The summed E-state index contributed by atoms with van der Waals surface area (Å²) in [5, 5.41) is 12.5. The van der Waals surface area contributed by atoms with Crippen LogP contribution in [0, 0.1) is 0 Å². The third kappa shape index (κ3) is 3.30. The summed E-state index contributed by atoms with van der Waals surface area (Å²) in [5.74, 6) is 0.655. The van der Waals surface area contributed by atoms with Crippen molar-refractivity contribution in [3.63, 3.8) is 0 Å². The Hall–Kier alpha value is -3.10. The van der Waals surface area contributed by atoms with Crippen molar-refractivity contribution in [2.45, 2.75) is 12.6 Å². The van der Waals surface area contributed by atoms with Crippen molar-refractivity contribution in [3.8, 4) is 5.75 Å². The molecule has 0 bridgehead atoms. The van der Waals surface area contributed by atoms with Crippen molar-refractivity contribution in [1.82, 2.24) is 18.7 Å². The van der Waals surface area contributed by atoms with Gasteiger partial charge in [0.15, 0.2) is 11.2 Å². The second-order valence-corrected chi connectivity index (χ2v) is 7.15. The fourth-order valence-electron chi connectivity index (χ4n) is 3.36. The molecule has 4 aromatic rings. The van der Waals surface area contributed by atoms with E-state index >= 15 is 0 Å². The number of aromatic nitrogens is 4. The molecule has 0 aliphatic carbocycles. The first-order valence-corrected chi connectivity index (χ1v) is 9.36. The maximum Gasteiger partial charge on any atom is 0.332 e. The van der Waals surface area contributed by atoms with Gasteiger partial charge in [0, 0.05) is 19.5 Å². The number of aryl methyl sites for hydroxylation is 1. The third-order valence-electron chi connectivity index (χ3n) is 4.88. The zero-order chi connectivity index (χ0) is 20.7. The standard InChI is InChI=1S/C20H19ClN4O4/c1-23-17-16(18(27)24(2)20(23)28)25(19(21)22-17)10-13(26)11-29-15-9-5-7-12-6-3-4-8-14(12)15/h3-9,13,26H,10-11H2,1-2H3. The molecule has 1 unspecified atom stereocenters. The monoisotopic (exact) mass is 414 g/mol. The first-order valence-electron chi connectivity index (χ1n) is 8.99. The zero-order valence-electron chi connectivity index (χ0n) is 15.9. The van der Waals surface area contributed by atoms with Crippen LogP contribution in [0.25, 0.3) is 21.9 Å². The Bertz CT molecular complexity index is 1330. The average Bonchev–Trinajstić information content (AvgIpc) is 3.05. The highest BCUT2D eigenvalue weighted by molar-refractivity contribution is 6.29. The molecule has 1 N–H and O–H groups in total. The number of ether oxygens (including phenoxy) is 1. The SMILES string of the molecule is Cn1c(=O)c2c(nc(Cl)n2CC(O)COc2cccc3ccccc23)n(C)c1=O. The molecule has 29 heavy (non-hydrogen) atoms. The van der Waals surface area contributed by atoms with Crippen LogP contribution in [0.1, 0.15) is 0 Å². The predicted molar refractivity (Wildman–Crippen MR) is 111 cm³/mol. The van der Waals surface area contributed by atoms with E-state index < -0.39 is 17.4 Å². The highest BCUT2D eigenvalue weighted by atomic mass is 35.5. The number of nitrogens with zero attached hydrogens (tertiary/aromatic N) is 4. The molecular weight excluding hydrogens is 396 g/mol. The summed E-state index contributed by atoms with van der Waals surface area (Å²) in [6.45, 7) is -0.0103. The summed E-state index contributed by atoms with van der Waals surface area (Å²) in [6.07, 6.45) is -0.953. The molecule has 4 rings (SSSR count). The van der Waals surface area contributed by atoms with Gasteiger partial charge in [0.25, 0.3) is 5.56 Å². The van der Waals surface area contributed by atoms with Crippen molar-refractivity contribution >= 4 is 33.5 Å². The van der Waals surface area contributed by atoms with Crippen LogP contribution in [0.4, 0.5) is 0 Å². The Morgan fingerprint density at radius 3 is 2.62 bits per heavy atom. The molecule has 0 radical (unpaired) electrons. The number of halogens is 1. The molecule has 8 nitrogen and oxygen atoms in total. The fraction of sp³-hybridized carbons (Fsp3) is 0.250. The molecular formula is C20H19ClN4O4. The third-order valence-corrected chi connectivity index (χ3v) is 5.16. The average molecular weight is 415 g/mol. The molecule has 1 atom stereocenters. The summed E-state index contributed by atoms with van der Waals surface area (Å²) < 4.78 is 9.44. The van der Waals surface area contributed by atoms with Gasteiger partial charge < -0.3 is 14.4 Å². The van der Waals surface area contributed by atoms with E-state index in [9.17, 15) is 14.7 Å². The Balaban J connectivity index is 1.61. The van der Waals surface area contributed by atoms with Gasteiger partial charge in [-0.05, 0) is 23.1 Å². The van der Waals surface area contributed by atoms with Crippen LogP contribution in [-0.4, -0.2) is 36.5 Å². The van der Waals surface area contributed by atoms with E-state index in [1.165, 1.54) is 23.2 Å². The smallest absolute Gasteiger partial charge is 0.332 e. The van der Waals surface area contributed by atoms with Gasteiger partial charge in [0.05, 0.1) is 6.54 Å². The lowest BCUT2D eigenvalue weighted by atomic mass is 10.1. The number of hydrogen-bond acceptors (Lipinski definition) is 5. The highest BCUT2D eigenvalue weighted by Gasteiger charge is 2.20. The Labute approximate surface area is 170 Å². The normalized spacial score (nSPS) is 12.6. The Kier molecular flexibility index (Phi) is 4.89. The summed E-state index contributed by atoms with van der Waals surface area (Å²) >= 11 is 6.19. The maximum absolute atomic E-state index is 12.6. The van der Waals surface area contributed by atoms with E-state index in [0.29, 0.717) is 5.75 Å². The first-order chi connectivity index (χ1) is 13.9. The topological polar surface area (TPSA) is 91.3 Å². The zero-order valence-corrected chi connectivity index (χ0v) is 16.6. The van der Waals surface area contributed by atoms with Gasteiger partial charge in [-0.3, -0.25) is 13.9 Å². The van der Waals surface area contributed by atoms with E-state index in [1.54, 1.807) is 0 Å². The maximum atomic E-state index is 12.6. The molecule has 0 aliphatic heterocycles. The number of rotatable bonds is 5. The molecule has 2 aromatic heterocycles. The number of hydrogen-bond donors (Lipinski definition) is 1. The molecule has 0 spiro atoms. The van der Waals surface area contributed by atoms with E-state index in [4.69, 9.17) is 16.3 Å². The molecule has 9 heteroatoms. The van der Waals surface area contributed by atoms with Gasteiger partial charge >= 0.3 is 5.69 Å². The van der Waals surface area contributed by atoms with Crippen molar-refractivity contribution in [2.75, 3.05) is 6.61 Å². The molecule has 150 valence electrons. The second kappa shape index (κ2) is 7.38. The summed E-state index contributed by atoms with van der Waals surface area (Å²) in [6, 6.07) is 13.5. The van der Waals surface area contributed by atoms with Crippen molar-refractivity contribution in [2.24, 2.45) is 14.1 Å². The largest absolute Gasteiger partial charge is 0.490 e.